The van der Waals surface area contributed by atoms with Gasteiger partial charge in [0.1, 0.15) is 29.4 Å². The van der Waals surface area contributed by atoms with Gasteiger partial charge in [0.15, 0.2) is 34.6 Å². The van der Waals surface area contributed by atoms with Gasteiger partial charge in [-0.05, 0) is 42.7 Å². The lowest BCUT2D eigenvalue weighted by Crippen LogP contribution is -2.52. The molecule has 0 radical (unpaired) electrons. The summed E-state index contributed by atoms with van der Waals surface area (Å²) >= 11 is 6.26. The van der Waals surface area contributed by atoms with E-state index in [4.69, 9.17) is 36.5 Å². The average Bonchev–Trinajstić information content (AvgIpc) is 3.57. The average molecular weight is 728 g/mol. The number of nitrogens with one attached hydrogen (secondary N) is 1. The first-order chi connectivity index (χ1) is 25.3. The van der Waals surface area contributed by atoms with E-state index in [0.29, 0.717) is 65.3 Å². The van der Waals surface area contributed by atoms with E-state index >= 15 is 0 Å². The minimum atomic E-state index is -0.866. The van der Waals surface area contributed by atoms with Crippen molar-refractivity contribution in [3.05, 3.63) is 113 Å². The summed E-state index contributed by atoms with van der Waals surface area (Å²) in [5, 5.41) is 3.56. The Hall–Kier alpha value is -5.44. The molecule has 6 aromatic rings. The first-order valence-corrected chi connectivity index (χ1v) is 16.9. The van der Waals surface area contributed by atoms with Crippen LogP contribution in [0.3, 0.4) is 0 Å². The Kier molecular flexibility index (Phi) is 10.1. The SMILES string of the molecule is COc1c(F)cc(-c2ncc(N3CCC[C@](N)(c4cccc(Cl)n4)C3)c(Cn3cnc4c(NCOCc5ccccc5)ncnc43)c2OC)cc1F. The number of halogens is 3. The molecule has 5 heterocycles. The number of rotatable bonds is 12. The highest BCUT2D eigenvalue weighted by atomic mass is 35.5. The molecular weight excluding hydrogens is 692 g/mol. The Morgan fingerprint density at radius 1 is 0.962 bits per heavy atom. The Bertz CT molecular complexity index is 2180. The number of piperidine rings is 1. The van der Waals surface area contributed by atoms with E-state index in [0.717, 1.165) is 17.7 Å². The predicted molar refractivity (Wildman–Crippen MR) is 193 cm³/mol. The summed E-state index contributed by atoms with van der Waals surface area (Å²) in [6, 6.07) is 17.6. The van der Waals surface area contributed by atoms with Crippen molar-refractivity contribution < 1.29 is 23.0 Å². The lowest BCUT2D eigenvalue weighted by atomic mass is 9.86. The van der Waals surface area contributed by atoms with Crippen molar-refractivity contribution in [3.8, 4) is 22.8 Å². The molecule has 0 unspecified atom stereocenters. The highest BCUT2D eigenvalue weighted by Crippen LogP contribution is 2.41. The van der Waals surface area contributed by atoms with Crippen LogP contribution in [0.15, 0.2) is 79.5 Å². The number of ether oxygens (including phenoxy) is 3. The third kappa shape index (κ3) is 7.04. The summed E-state index contributed by atoms with van der Waals surface area (Å²) in [5.74, 6) is -1.40. The highest BCUT2D eigenvalue weighted by Gasteiger charge is 2.36. The highest BCUT2D eigenvalue weighted by molar-refractivity contribution is 6.29. The van der Waals surface area contributed by atoms with Gasteiger partial charge in [-0.1, -0.05) is 48.0 Å². The summed E-state index contributed by atoms with van der Waals surface area (Å²) in [5.41, 5.74) is 10.8. The van der Waals surface area contributed by atoms with Crippen molar-refractivity contribution in [2.75, 3.05) is 44.3 Å². The van der Waals surface area contributed by atoms with Crippen molar-refractivity contribution in [1.29, 1.82) is 0 Å². The molecule has 0 spiro atoms. The molecule has 0 aliphatic carbocycles. The van der Waals surface area contributed by atoms with Gasteiger partial charge in [-0.2, -0.15) is 0 Å². The van der Waals surface area contributed by atoms with Crippen LogP contribution in [-0.4, -0.2) is 63.5 Å². The zero-order valence-corrected chi connectivity index (χ0v) is 29.3. The van der Waals surface area contributed by atoms with Crippen molar-refractivity contribution in [3.63, 3.8) is 0 Å². The van der Waals surface area contributed by atoms with E-state index < -0.39 is 22.9 Å². The molecule has 1 aliphatic heterocycles. The molecule has 1 fully saturated rings. The number of pyridine rings is 2. The fourth-order valence-corrected chi connectivity index (χ4v) is 6.77. The van der Waals surface area contributed by atoms with Gasteiger partial charge in [-0.25, -0.2) is 28.7 Å². The van der Waals surface area contributed by atoms with Crippen LogP contribution < -0.4 is 25.4 Å². The van der Waals surface area contributed by atoms with Gasteiger partial charge in [0.25, 0.3) is 0 Å². The second kappa shape index (κ2) is 15.0. The molecule has 15 heteroatoms. The standard InChI is InChI=1S/C37H36ClF2N9O3/c1-50-33-25(17-49-21-45-32-35(43-20-44-36(32)49)46-22-52-18-23-8-4-3-5-9-23)28(16-42-31(33)24-14-26(39)34(51-2)27(40)15-24)48-13-7-12-37(41,19-48)29-10-6-11-30(38)47-29/h3-6,8-11,14-16,20-21H,7,12-13,17-19,22,41H2,1-2H3,(H,43,44,46)/t37-/m1/s1. The quantitative estimate of drug-likeness (QED) is 0.0832. The number of hydrogen-bond donors (Lipinski definition) is 2. The van der Waals surface area contributed by atoms with Crippen molar-refractivity contribution in [2.45, 2.75) is 31.5 Å². The topological polar surface area (TPSA) is 138 Å². The maximum absolute atomic E-state index is 15.0. The van der Waals surface area contributed by atoms with Gasteiger partial charge in [0.2, 0.25) is 0 Å². The Morgan fingerprint density at radius 2 is 1.75 bits per heavy atom. The maximum Gasteiger partial charge on any atom is 0.190 e. The summed E-state index contributed by atoms with van der Waals surface area (Å²) < 4.78 is 48.6. The molecule has 0 saturated carbocycles. The fraction of sp³-hybridized carbons (Fsp3) is 0.270. The van der Waals surface area contributed by atoms with Gasteiger partial charge in [-0.3, -0.25) is 4.98 Å². The number of nitrogens with two attached hydrogens (primary N) is 1. The van der Waals surface area contributed by atoms with Gasteiger partial charge in [0.05, 0.1) is 56.8 Å². The van der Waals surface area contributed by atoms with E-state index in [1.807, 2.05) is 47.0 Å². The van der Waals surface area contributed by atoms with Crippen LogP contribution in [0, 0.1) is 11.6 Å². The lowest BCUT2D eigenvalue weighted by Gasteiger charge is -2.41. The summed E-state index contributed by atoms with van der Waals surface area (Å²) in [6.07, 6.45) is 6.23. The monoisotopic (exact) mass is 727 g/mol. The van der Waals surface area contributed by atoms with Gasteiger partial charge in [0, 0.05) is 24.2 Å². The van der Waals surface area contributed by atoms with Crippen LogP contribution in [0.1, 0.15) is 29.7 Å². The van der Waals surface area contributed by atoms with Gasteiger partial charge in [-0.15, -0.1) is 0 Å². The van der Waals surface area contributed by atoms with E-state index in [1.165, 1.54) is 32.7 Å². The number of methoxy groups -OCH3 is 2. The molecule has 1 aliphatic rings. The second-order valence-electron chi connectivity index (χ2n) is 12.4. The normalized spacial score (nSPS) is 15.9. The van der Waals surface area contributed by atoms with Crippen molar-refractivity contribution in [1.82, 2.24) is 29.5 Å². The van der Waals surface area contributed by atoms with Crippen LogP contribution in [-0.2, 0) is 23.4 Å². The number of benzene rings is 2. The second-order valence-corrected chi connectivity index (χ2v) is 12.8. The van der Waals surface area contributed by atoms with Crippen LogP contribution in [0.25, 0.3) is 22.4 Å². The number of hydrogen-bond acceptors (Lipinski definition) is 11. The van der Waals surface area contributed by atoms with E-state index in [1.54, 1.807) is 18.6 Å². The number of nitrogens with zero attached hydrogens (tertiary/aromatic N) is 7. The fourth-order valence-electron chi connectivity index (χ4n) is 6.61. The predicted octanol–water partition coefficient (Wildman–Crippen LogP) is 6.32. The first-order valence-electron chi connectivity index (χ1n) is 16.6. The molecule has 1 saturated heterocycles. The third-order valence-electron chi connectivity index (χ3n) is 9.07. The molecular formula is C37H36ClF2N9O3. The summed E-state index contributed by atoms with van der Waals surface area (Å²) in [7, 11) is 2.70. The molecule has 3 N–H and O–H groups in total. The molecule has 2 aromatic carbocycles. The number of anilines is 2. The Morgan fingerprint density at radius 3 is 2.50 bits per heavy atom. The Balaban J connectivity index is 1.26. The van der Waals surface area contributed by atoms with E-state index in [9.17, 15) is 8.78 Å². The van der Waals surface area contributed by atoms with E-state index in [-0.39, 0.29) is 24.5 Å². The number of aromatic nitrogens is 6. The lowest BCUT2D eigenvalue weighted by molar-refractivity contribution is 0.138. The minimum absolute atomic E-state index is 0.176. The maximum atomic E-state index is 15.0. The van der Waals surface area contributed by atoms with Crippen LogP contribution in [0.5, 0.6) is 11.5 Å². The molecule has 7 rings (SSSR count). The Labute approximate surface area is 303 Å². The van der Waals surface area contributed by atoms with Crippen LogP contribution in [0.4, 0.5) is 20.3 Å². The summed E-state index contributed by atoms with van der Waals surface area (Å²) in [6.45, 7) is 1.89. The van der Waals surface area contributed by atoms with Crippen LogP contribution in [0.2, 0.25) is 5.15 Å². The molecule has 12 nitrogen and oxygen atoms in total. The minimum Gasteiger partial charge on any atom is -0.494 e. The molecule has 0 bridgehead atoms. The molecule has 1 atom stereocenters. The van der Waals surface area contributed by atoms with Crippen LogP contribution >= 0.6 is 11.6 Å². The van der Waals surface area contributed by atoms with E-state index in [2.05, 4.69) is 30.2 Å². The largest absolute Gasteiger partial charge is 0.494 e. The first kappa shape index (κ1) is 35.0. The number of imidazole rings is 1. The van der Waals surface area contributed by atoms with Gasteiger partial charge < -0.3 is 34.7 Å². The zero-order valence-electron chi connectivity index (χ0n) is 28.5. The van der Waals surface area contributed by atoms with Crippen molar-refractivity contribution >= 4 is 34.3 Å². The molecule has 4 aromatic heterocycles. The molecule has 52 heavy (non-hydrogen) atoms. The summed E-state index contributed by atoms with van der Waals surface area (Å²) in [4.78, 5) is 25.0. The van der Waals surface area contributed by atoms with Gasteiger partial charge >= 0.3 is 0 Å². The smallest absolute Gasteiger partial charge is 0.190 e. The van der Waals surface area contributed by atoms with Crippen molar-refractivity contribution in [2.24, 2.45) is 5.73 Å². The third-order valence-corrected chi connectivity index (χ3v) is 9.28. The zero-order chi connectivity index (χ0) is 36.2. The molecule has 0 amide bonds. The molecule has 268 valence electrons. The number of fused-ring (bicyclic) bond motifs is 1.